The van der Waals surface area contributed by atoms with Crippen LogP contribution in [0.4, 0.5) is 8.78 Å². The summed E-state index contributed by atoms with van der Waals surface area (Å²) in [4.78, 5) is 18.7. The van der Waals surface area contributed by atoms with Crippen LogP contribution in [0.5, 0.6) is 0 Å². The van der Waals surface area contributed by atoms with Crippen molar-refractivity contribution < 1.29 is 18.0 Å². The summed E-state index contributed by atoms with van der Waals surface area (Å²) in [5.74, 6) is 0.234. The SMILES string of the molecule is CN(Cc1ccco1)C(=O)CN1CCN(C(c2ccc(F)cc2)c2ccc(F)cc2)CC1. The standard InChI is InChI=1S/C25H27F2N3O2/c1-28(17-23-3-2-16-32-23)24(31)18-29-12-14-30(15-13-29)25(19-4-8-21(26)9-5-19)20-6-10-22(27)11-7-20/h2-11,16,25H,12-15,17-18H2,1H3. The number of nitrogens with zero attached hydrogens (tertiary/aromatic N) is 3. The number of amides is 1. The first-order valence-electron chi connectivity index (χ1n) is 10.7. The Morgan fingerprint density at radius 2 is 1.50 bits per heavy atom. The topological polar surface area (TPSA) is 39.9 Å². The van der Waals surface area contributed by atoms with Crippen molar-refractivity contribution in [2.24, 2.45) is 0 Å². The van der Waals surface area contributed by atoms with Crippen LogP contribution in [0.25, 0.3) is 0 Å². The average Bonchev–Trinajstić information content (AvgIpc) is 3.31. The van der Waals surface area contributed by atoms with Gasteiger partial charge in [0.05, 0.1) is 25.4 Å². The Kier molecular flexibility index (Phi) is 6.97. The number of likely N-dealkylation sites (N-methyl/N-ethyl adjacent to an activating group) is 1. The van der Waals surface area contributed by atoms with E-state index in [0.717, 1.165) is 43.1 Å². The number of carbonyl (C=O) groups excluding carboxylic acids is 1. The van der Waals surface area contributed by atoms with E-state index in [2.05, 4.69) is 9.80 Å². The second kappa shape index (κ2) is 10.1. The number of piperazine rings is 1. The van der Waals surface area contributed by atoms with Gasteiger partial charge in [-0.05, 0) is 47.5 Å². The molecule has 4 rings (SSSR count). The van der Waals surface area contributed by atoms with Gasteiger partial charge in [-0.25, -0.2) is 8.78 Å². The molecule has 0 unspecified atom stereocenters. The summed E-state index contributed by atoms with van der Waals surface area (Å²) in [5.41, 5.74) is 1.92. The van der Waals surface area contributed by atoms with Crippen molar-refractivity contribution in [3.63, 3.8) is 0 Å². The quantitative estimate of drug-likeness (QED) is 0.560. The van der Waals surface area contributed by atoms with E-state index in [0.29, 0.717) is 13.1 Å². The zero-order chi connectivity index (χ0) is 22.5. The molecule has 1 aromatic heterocycles. The lowest BCUT2D eigenvalue weighted by Crippen LogP contribution is -2.50. The second-order valence-corrected chi connectivity index (χ2v) is 8.15. The van der Waals surface area contributed by atoms with Gasteiger partial charge < -0.3 is 9.32 Å². The number of halogens is 2. The molecule has 0 aliphatic carbocycles. The van der Waals surface area contributed by atoms with Crippen molar-refractivity contribution in [3.05, 3.63) is 95.4 Å². The third-order valence-corrected chi connectivity index (χ3v) is 5.90. The number of benzene rings is 2. The Balaban J connectivity index is 1.40. The molecule has 0 spiro atoms. The minimum Gasteiger partial charge on any atom is -0.467 e. The highest BCUT2D eigenvalue weighted by atomic mass is 19.1. The Hall–Kier alpha value is -3.03. The van der Waals surface area contributed by atoms with Gasteiger partial charge in [0.15, 0.2) is 0 Å². The summed E-state index contributed by atoms with van der Waals surface area (Å²) >= 11 is 0. The first kappa shape index (κ1) is 22.2. The van der Waals surface area contributed by atoms with E-state index in [1.165, 1.54) is 24.3 Å². The van der Waals surface area contributed by atoms with Gasteiger partial charge in [0.2, 0.25) is 5.91 Å². The fourth-order valence-electron chi connectivity index (χ4n) is 4.12. The number of rotatable bonds is 7. The summed E-state index contributed by atoms with van der Waals surface area (Å²) in [5, 5.41) is 0. The summed E-state index contributed by atoms with van der Waals surface area (Å²) in [6.45, 7) is 3.76. The van der Waals surface area contributed by atoms with E-state index in [-0.39, 0.29) is 23.6 Å². The molecule has 3 aromatic rings. The molecule has 7 heteroatoms. The number of carbonyl (C=O) groups is 1. The molecule has 0 bridgehead atoms. The van der Waals surface area contributed by atoms with Gasteiger partial charge >= 0.3 is 0 Å². The van der Waals surface area contributed by atoms with Crippen molar-refractivity contribution in [3.8, 4) is 0 Å². The Bertz CT molecular complexity index is 953. The van der Waals surface area contributed by atoms with Gasteiger partial charge in [0.1, 0.15) is 17.4 Å². The first-order chi connectivity index (χ1) is 15.5. The van der Waals surface area contributed by atoms with E-state index >= 15 is 0 Å². The monoisotopic (exact) mass is 439 g/mol. The largest absolute Gasteiger partial charge is 0.467 e. The lowest BCUT2D eigenvalue weighted by Gasteiger charge is -2.39. The van der Waals surface area contributed by atoms with Crippen LogP contribution < -0.4 is 0 Å². The third kappa shape index (κ3) is 5.41. The van der Waals surface area contributed by atoms with Crippen molar-refractivity contribution >= 4 is 5.91 Å². The maximum Gasteiger partial charge on any atom is 0.236 e. The molecule has 1 saturated heterocycles. The van der Waals surface area contributed by atoms with Crippen LogP contribution in [0.3, 0.4) is 0 Å². The third-order valence-electron chi connectivity index (χ3n) is 5.90. The van der Waals surface area contributed by atoms with E-state index in [4.69, 9.17) is 4.42 Å². The summed E-state index contributed by atoms with van der Waals surface area (Å²) in [7, 11) is 1.78. The molecule has 2 aromatic carbocycles. The minimum absolute atomic E-state index is 0.0449. The molecule has 0 atom stereocenters. The fourth-order valence-corrected chi connectivity index (χ4v) is 4.12. The highest BCUT2D eigenvalue weighted by molar-refractivity contribution is 5.77. The lowest BCUT2D eigenvalue weighted by molar-refractivity contribution is -0.132. The second-order valence-electron chi connectivity index (χ2n) is 8.15. The van der Waals surface area contributed by atoms with Crippen LogP contribution in [0.15, 0.2) is 71.3 Å². The summed E-state index contributed by atoms with van der Waals surface area (Å²) < 4.78 is 32.3. The zero-order valence-electron chi connectivity index (χ0n) is 18.1. The van der Waals surface area contributed by atoms with E-state index in [9.17, 15) is 13.6 Å². The molecule has 1 aliphatic rings. The van der Waals surface area contributed by atoms with E-state index < -0.39 is 0 Å². The van der Waals surface area contributed by atoms with Crippen LogP contribution in [0.1, 0.15) is 22.9 Å². The summed E-state index contributed by atoms with van der Waals surface area (Å²) in [6, 6.07) is 16.5. The Labute approximate surface area is 186 Å². The van der Waals surface area contributed by atoms with Crippen molar-refractivity contribution in [2.75, 3.05) is 39.8 Å². The van der Waals surface area contributed by atoms with Gasteiger partial charge in [-0.3, -0.25) is 14.6 Å². The molecule has 0 N–H and O–H groups in total. The van der Waals surface area contributed by atoms with Gasteiger partial charge in [-0.1, -0.05) is 24.3 Å². The molecule has 0 saturated carbocycles. The van der Waals surface area contributed by atoms with Crippen LogP contribution in [0, 0.1) is 11.6 Å². The Morgan fingerprint density at radius 1 is 0.938 bits per heavy atom. The molecule has 32 heavy (non-hydrogen) atoms. The summed E-state index contributed by atoms with van der Waals surface area (Å²) in [6.07, 6.45) is 1.60. The van der Waals surface area contributed by atoms with Gasteiger partial charge in [0, 0.05) is 33.2 Å². The van der Waals surface area contributed by atoms with Crippen LogP contribution in [-0.4, -0.2) is 60.4 Å². The molecule has 1 aliphatic heterocycles. The predicted octanol–water partition coefficient (Wildman–Crippen LogP) is 3.92. The van der Waals surface area contributed by atoms with E-state index in [1.54, 1.807) is 42.5 Å². The minimum atomic E-state index is -0.284. The fraction of sp³-hybridized carbons (Fsp3) is 0.320. The van der Waals surface area contributed by atoms with Crippen LogP contribution in [-0.2, 0) is 11.3 Å². The van der Waals surface area contributed by atoms with Crippen molar-refractivity contribution in [1.82, 2.24) is 14.7 Å². The smallest absolute Gasteiger partial charge is 0.236 e. The number of furan rings is 1. The zero-order valence-corrected chi connectivity index (χ0v) is 18.1. The molecule has 1 fully saturated rings. The van der Waals surface area contributed by atoms with E-state index in [1.807, 2.05) is 12.1 Å². The number of hydrogen-bond acceptors (Lipinski definition) is 4. The van der Waals surface area contributed by atoms with Gasteiger partial charge in [-0.15, -0.1) is 0 Å². The first-order valence-corrected chi connectivity index (χ1v) is 10.7. The van der Waals surface area contributed by atoms with Gasteiger partial charge in [0.25, 0.3) is 0 Å². The molecular formula is C25H27F2N3O2. The Morgan fingerprint density at radius 3 is 2.00 bits per heavy atom. The van der Waals surface area contributed by atoms with Crippen molar-refractivity contribution in [1.29, 1.82) is 0 Å². The van der Waals surface area contributed by atoms with Gasteiger partial charge in [-0.2, -0.15) is 0 Å². The molecule has 2 heterocycles. The normalized spacial score (nSPS) is 15.2. The van der Waals surface area contributed by atoms with Crippen LogP contribution in [0.2, 0.25) is 0 Å². The maximum atomic E-state index is 13.5. The molecule has 1 amide bonds. The number of hydrogen-bond donors (Lipinski definition) is 0. The highest BCUT2D eigenvalue weighted by Crippen LogP contribution is 2.30. The average molecular weight is 440 g/mol. The maximum absolute atomic E-state index is 13.5. The molecule has 0 radical (unpaired) electrons. The van der Waals surface area contributed by atoms with Crippen LogP contribution >= 0.6 is 0 Å². The lowest BCUT2D eigenvalue weighted by atomic mass is 9.96. The van der Waals surface area contributed by atoms with Crippen molar-refractivity contribution in [2.45, 2.75) is 12.6 Å². The molecular weight excluding hydrogens is 412 g/mol. The molecule has 168 valence electrons. The molecule has 5 nitrogen and oxygen atoms in total. The predicted molar refractivity (Wildman–Crippen MR) is 118 cm³/mol. The highest BCUT2D eigenvalue weighted by Gasteiger charge is 2.27.